The lowest BCUT2D eigenvalue weighted by molar-refractivity contribution is -0.400. The molecule has 0 amide bonds. The van der Waals surface area contributed by atoms with E-state index >= 15 is 0 Å². The zero-order chi connectivity index (χ0) is 14.2. The zero-order valence-corrected chi connectivity index (χ0v) is 11.9. The number of fused-ring (bicyclic) bond motifs is 1. The van der Waals surface area contributed by atoms with Gasteiger partial charge in [-0.3, -0.25) is 10.1 Å². The number of benzene rings is 1. The van der Waals surface area contributed by atoms with E-state index in [9.17, 15) is 10.1 Å². The van der Waals surface area contributed by atoms with E-state index in [4.69, 9.17) is 0 Å². The summed E-state index contributed by atoms with van der Waals surface area (Å²) in [6.45, 7) is 6.70. The molecule has 1 aromatic carbocycles. The Morgan fingerprint density at radius 2 is 2.16 bits per heavy atom. The Bertz CT molecular complexity index is 535. The summed E-state index contributed by atoms with van der Waals surface area (Å²) in [4.78, 5) is 12.2. The maximum Gasteiger partial charge on any atom is 0.235 e. The smallest absolute Gasteiger partial charge is 0.235 e. The van der Waals surface area contributed by atoms with Gasteiger partial charge in [-0.25, -0.2) is 0 Å². The topological polar surface area (TPSA) is 46.4 Å². The van der Waals surface area contributed by atoms with E-state index in [2.05, 4.69) is 44.9 Å². The third-order valence-electron chi connectivity index (χ3n) is 4.05. The minimum Gasteiger partial charge on any atom is -0.369 e. The first-order chi connectivity index (χ1) is 8.81. The van der Waals surface area contributed by atoms with Crippen LogP contribution in [0.15, 0.2) is 24.4 Å². The molecule has 0 aliphatic carbocycles. The fourth-order valence-corrected chi connectivity index (χ4v) is 2.85. The number of hydrogen-bond acceptors (Lipinski definition) is 3. The van der Waals surface area contributed by atoms with Gasteiger partial charge in [-0.2, -0.15) is 0 Å². The van der Waals surface area contributed by atoms with Gasteiger partial charge in [-0.15, -0.1) is 0 Å². The highest BCUT2D eigenvalue weighted by atomic mass is 16.6. The van der Waals surface area contributed by atoms with Gasteiger partial charge in [0.2, 0.25) is 6.20 Å². The van der Waals surface area contributed by atoms with E-state index in [1.807, 2.05) is 6.07 Å². The number of nitrogens with zero attached hydrogens (tertiary/aromatic N) is 2. The molecule has 0 radical (unpaired) electrons. The summed E-state index contributed by atoms with van der Waals surface area (Å²) in [5.41, 5.74) is 3.52. The molecule has 4 nitrogen and oxygen atoms in total. The van der Waals surface area contributed by atoms with Crippen molar-refractivity contribution >= 4 is 11.8 Å². The molecule has 1 atom stereocenters. The fourth-order valence-electron chi connectivity index (χ4n) is 2.85. The van der Waals surface area contributed by atoms with Gasteiger partial charge in [-0.1, -0.05) is 13.0 Å². The maximum absolute atomic E-state index is 10.4. The molecule has 0 saturated carbocycles. The van der Waals surface area contributed by atoms with Crippen LogP contribution in [-0.4, -0.2) is 17.5 Å². The summed E-state index contributed by atoms with van der Waals surface area (Å²) >= 11 is 0. The van der Waals surface area contributed by atoms with Gasteiger partial charge in [-0.05, 0) is 49.4 Å². The van der Waals surface area contributed by atoms with Gasteiger partial charge in [0.1, 0.15) is 0 Å². The number of rotatable bonds is 2. The lowest BCUT2D eigenvalue weighted by atomic mass is 9.80. The normalized spacial score (nSPS) is 21.5. The maximum atomic E-state index is 10.4. The monoisotopic (exact) mass is 260 g/mol. The molecule has 0 aromatic heterocycles. The highest BCUT2D eigenvalue weighted by Gasteiger charge is 2.33. The second kappa shape index (κ2) is 4.68. The summed E-state index contributed by atoms with van der Waals surface area (Å²) in [7, 11) is 2.11. The number of anilines is 1. The third kappa shape index (κ3) is 2.62. The third-order valence-corrected chi connectivity index (χ3v) is 4.05. The minimum absolute atomic E-state index is 0.143. The molecule has 0 unspecified atom stereocenters. The molecule has 4 heteroatoms. The van der Waals surface area contributed by atoms with Crippen molar-refractivity contribution in [3.05, 3.63) is 45.6 Å². The van der Waals surface area contributed by atoms with Crippen LogP contribution in [-0.2, 0) is 0 Å². The minimum atomic E-state index is -0.432. The van der Waals surface area contributed by atoms with Crippen molar-refractivity contribution in [1.82, 2.24) is 0 Å². The van der Waals surface area contributed by atoms with Crippen LogP contribution < -0.4 is 4.90 Å². The van der Waals surface area contributed by atoms with Crippen LogP contribution in [0.4, 0.5) is 5.69 Å². The van der Waals surface area contributed by atoms with Crippen molar-refractivity contribution in [3.8, 4) is 0 Å². The molecule has 1 heterocycles. The van der Waals surface area contributed by atoms with E-state index in [-0.39, 0.29) is 5.54 Å². The molecule has 1 aromatic rings. The first kappa shape index (κ1) is 13.6. The summed E-state index contributed by atoms with van der Waals surface area (Å²) in [6.07, 6.45) is 3.62. The Kier molecular flexibility index (Phi) is 3.35. The van der Waals surface area contributed by atoms with Gasteiger partial charge in [0.15, 0.2) is 0 Å². The molecular weight excluding hydrogens is 240 g/mol. The summed E-state index contributed by atoms with van der Waals surface area (Å²) in [5.74, 6) is 0.463. The first-order valence-corrected chi connectivity index (χ1v) is 6.51. The molecular formula is C15H20N2O2. The fraction of sp³-hybridized carbons (Fsp3) is 0.467. The molecule has 0 fully saturated rings. The van der Waals surface area contributed by atoms with E-state index in [0.29, 0.717) is 5.92 Å². The highest BCUT2D eigenvalue weighted by molar-refractivity contribution is 5.64. The van der Waals surface area contributed by atoms with E-state index in [0.717, 1.165) is 18.2 Å². The quantitative estimate of drug-likeness (QED) is 0.602. The Balaban J connectivity index is 2.41. The van der Waals surface area contributed by atoms with Gasteiger partial charge >= 0.3 is 0 Å². The molecule has 0 N–H and O–H groups in total. The van der Waals surface area contributed by atoms with Crippen molar-refractivity contribution in [2.45, 2.75) is 38.6 Å². The molecule has 19 heavy (non-hydrogen) atoms. The molecule has 0 saturated heterocycles. The van der Waals surface area contributed by atoms with E-state index in [1.54, 1.807) is 6.08 Å². The van der Waals surface area contributed by atoms with Crippen molar-refractivity contribution in [1.29, 1.82) is 0 Å². The van der Waals surface area contributed by atoms with Crippen molar-refractivity contribution in [3.63, 3.8) is 0 Å². The second-order valence-corrected chi connectivity index (χ2v) is 5.90. The van der Waals surface area contributed by atoms with Crippen LogP contribution in [0.3, 0.4) is 0 Å². The Labute approximate surface area is 113 Å². The first-order valence-electron chi connectivity index (χ1n) is 6.51. The SMILES string of the molecule is C[C@@H]1CC(C)(C)N(C)c2ccc(/C=C\[N+](=O)[O-])cc21. The molecule has 0 bridgehead atoms. The summed E-state index contributed by atoms with van der Waals surface area (Å²) in [5, 5.41) is 10.4. The van der Waals surface area contributed by atoms with Crippen LogP contribution in [0.2, 0.25) is 0 Å². The molecule has 1 aliphatic heterocycles. The largest absolute Gasteiger partial charge is 0.369 e. The van der Waals surface area contributed by atoms with Crippen LogP contribution in [0.1, 0.15) is 44.2 Å². The lowest BCUT2D eigenvalue weighted by Crippen LogP contribution is -2.45. The van der Waals surface area contributed by atoms with E-state index < -0.39 is 4.92 Å². The second-order valence-electron chi connectivity index (χ2n) is 5.90. The van der Waals surface area contributed by atoms with E-state index in [1.165, 1.54) is 11.3 Å². The van der Waals surface area contributed by atoms with Crippen LogP contribution >= 0.6 is 0 Å². The highest BCUT2D eigenvalue weighted by Crippen LogP contribution is 2.42. The Morgan fingerprint density at radius 1 is 1.47 bits per heavy atom. The molecule has 2 rings (SSSR count). The van der Waals surface area contributed by atoms with Crippen LogP contribution in [0.5, 0.6) is 0 Å². The van der Waals surface area contributed by atoms with Gasteiger partial charge < -0.3 is 4.90 Å². The standard InChI is InChI=1S/C15H20N2O2/c1-11-10-15(2,3)16(4)14-6-5-12(9-13(11)14)7-8-17(18)19/h5-9,11H,10H2,1-4H3/b8-7-/t11-/m1/s1. The summed E-state index contributed by atoms with van der Waals surface area (Å²) < 4.78 is 0. The van der Waals surface area contributed by atoms with Gasteiger partial charge in [0.05, 0.1) is 4.92 Å². The van der Waals surface area contributed by atoms with Crippen molar-refractivity contribution in [2.75, 3.05) is 11.9 Å². The van der Waals surface area contributed by atoms with Crippen LogP contribution in [0, 0.1) is 10.1 Å². The zero-order valence-electron chi connectivity index (χ0n) is 11.9. The molecule has 0 spiro atoms. The van der Waals surface area contributed by atoms with Gasteiger partial charge in [0.25, 0.3) is 0 Å². The predicted molar refractivity (Wildman–Crippen MR) is 78.0 cm³/mol. The van der Waals surface area contributed by atoms with Crippen molar-refractivity contribution < 1.29 is 4.92 Å². The lowest BCUT2D eigenvalue weighted by Gasteiger charge is -2.45. The summed E-state index contributed by atoms with van der Waals surface area (Å²) in [6, 6.07) is 6.06. The number of hydrogen-bond donors (Lipinski definition) is 0. The molecule has 102 valence electrons. The van der Waals surface area contributed by atoms with Gasteiger partial charge in [0, 0.05) is 24.4 Å². The Morgan fingerprint density at radius 3 is 2.79 bits per heavy atom. The predicted octanol–water partition coefficient (Wildman–Crippen LogP) is 3.66. The molecule has 1 aliphatic rings. The number of nitro groups is 1. The Hall–Kier alpha value is -1.84. The average molecular weight is 260 g/mol. The van der Waals surface area contributed by atoms with Crippen molar-refractivity contribution in [2.24, 2.45) is 0 Å². The van der Waals surface area contributed by atoms with Crippen LogP contribution in [0.25, 0.3) is 6.08 Å². The average Bonchev–Trinajstić information content (AvgIpc) is 2.33.